The van der Waals surface area contributed by atoms with Crippen molar-refractivity contribution in [3.05, 3.63) is 92.9 Å². The van der Waals surface area contributed by atoms with Crippen LogP contribution < -0.4 is 5.73 Å². The van der Waals surface area contributed by atoms with Gasteiger partial charge in [0, 0.05) is 56.5 Å². The van der Waals surface area contributed by atoms with Gasteiger partial charge in [-0.05, 0) is 48.5 Å². The van der Waals surface area contributed by atoms with Crippen LogP contribution in [0.2, 0.25) is 5.02 Å². The van der Waals surface area contributed by atoms with Gasteiger partial charge in [0.25, 0.3) is 0 Å². The summed E-state index contributed by atoms with van der Waals surface area (Å²) in [5.74, 6) is 4.14. The number of pyridine rings is 1. The van der Waals surface area contributed by atoms with E-state index in [1.807, 2.05) is 11.9 Å². The highest BCUT2D eigenvalue weighted by Crippen LogP contribution is 2.34. The number of ketones is 1. The minimum absolute atomic E-state index is 0.0857. The van der Waals surface area contributed by atoms with Crippen molar-refractivity contribution in [3.63, 3.8) is 0 Å². The standard InChI is InChI=1S/C28H25ClF4N4O/c1-36-10-12-37(13-11-36)17-21-3-2-18(14-23(21)28(31,32)33)15-26(38)20-5-7-24(29)19(16-20)4-6-22-25(30)8-9-35-27(22)34/h2-3,5,7-9,14,16H,10-13,15,17H2,1H3,(H2,34,35). The third-order valence-corrected chi connectivity index (χ3v) is 6.70. The molecule has 4 rings (SSSR count). The molecule has 10 heteroatoms. The lowest BCUT2D eigenvalue weighted by Crippen LogP contribution is -2.44. The second-order valence-electron chi connectivity index (χ2n) is 9.17. The molecule has 0 saturated carbocycles. The fourth-order valence-electron chi connectivity index (χ4n) is 4.17. The summed E-state index contributed by atoms with van der Waals surface area (Å²) < 4.78 is 55.7. The van der Waals surface area contributed by atoms with Crippen molar-refractivity contribution in [3.8, 4) is 11.8 Å². The molecule has 0 spiro atoms. The Morgan fingerprint density at radius 3 is 2.50 bits per heavy atom. The summed E-state index contributed by atoms with van der Waals surface area (Å²) in [5, 5.41) is 0.226. The Morgan fingerprint density at radius 2 is 1.82 bits per heavy atom. The molecule has 0 unspecified atom stereocenters. The normalized spacial score (nSPS) is 14.7. The van der Waals surface area contributed by atoms with Crippen LogP contribution in [0.15, 0.2) is 48.7 Å². The molecule has 0 atom stereocenters. The van der Waals surface area contributed by atoms with Crippen molar-refractivity contribution in [2.45, 2.75) is 19.1 Å². The number of benzene rings is 2. The number of alkyl halides is 3. The molecule has 2 heterocycles. The highest BCUT2D eigenvalue weighted by molar-refractivity contribution is 6.31. The topological polar surface area (TPSA) is 62.5 Å². The number of carbonyl (C=O) groups is 1. The Morgan fingerprint density at radius 1 is 1.08 bits per heavy atom. The van der Waals surface area contributed by atoms with Gasteiger partial charge in [-0.1, -0.05) is 35.6 Å². The number of Topliss-reactive ketones (excluding diaryl/α,β-unsaturated/α-hetero) is 1. The van der Waals surface area contributed by atoms with E-state index in [9.17, 15) is 22.4 Å². The van der Waals surface area contributed by atoms with Gasteiger partial charge in [-0.25, -0.2) is 9.37 Å². The van der Waals surface area contributed by atoms with E-state index in [0.717, 1.165) is 25.2 Å². The largest absolute Gasteiger partial charge is 0.416 e. The molecule has 2 N–H and O–H groups in total. The number of piperazine rings is 1. The molecule has 1 aromatic heterocycles. The van der Waals surface area contributed by atoms with Crippen LogP contribution in [0.5, 0.6) is 0 Å². The first-order chi connectivity index (χ1) is 18.0. The van der Waals surface area contributed by atoms with E-state index in [0.29, 0.717) is 13.1 Å². The maximum Gasteiger partial charge on any atom is 0.416 e. The highest BCUT2D eigenvalue weighted by Gasteiger charge is 2.34. The molecule has 38 heavy (non-hydrogen) atoms. The number of likely N-dealkylation sites (N-methyl/N-ethyl adjacent to an activating group) is 1. The Bertz CT molecular complexity index is 1390. The Kier molecular flexibility index (Phi) is 8.36. The number of nitrogens with two attached hydrogens (primary N) is 1. The lowest BCUT2D eigenvalue weighted by molar-refractivity contribution is -0.138. The van der Waals surface area contributed by atoms with Gasteiger partial charge in [0.05, 0.1) is 10.6 Å². The zero-order valence-corrected chi connectivity index (χ0v) is 21.3. The number of aromatic nitrogens is 1. The van der Waals surface area contributed by atoms with E-state index in [-0.39, 0.29) is 51.6 Å². The number of hydrogen-bond acceptors (Lipinski definition) is 5. The number of anilines is 1. The minimum atomic E-state index is -4.55. The molecule has 198 valence electrons. The molecular weight excluding hydrogens is 520 g/mol. The first kappa shape index (κ1) is 27.6. The smallest absolute Gasteiger partial charge is 0.383 e. The van der Waals surface area contributed by atoms with E-state index in [4.69, 9.17) is 17.3 Å². The summed E-state index contributed by atoms with van der Waals surface area (Å²) in [6, 6.07) is 9.54. The second kappa shape index (κ2) is 11.5. The summed E-state index contributed by atoms with van der Waals surface area (Å²) in [5.41, 5.74) is 5.73. The molecule has 0 radical (unpaired) electrons. The molecule has 0 amide bonds. The zero-order chi connectivity index (χ0) is 27.4. The molecule has 1 aliphatic heterocycles. The molecular formula is C28H25ClF4N4O. The van der Waals surface area contributed by atoms with E-state index < -0.39 is 23.3 Å². The van der Waals surface area contributed by atoms with Crippen molar-refractivity contribution in [1.82, 2.24) is 14.8 Å². The van der Waals surface area contributed by atoms with Crippen LogP contribution in [0, 0.1) is 17.7 Å². The number of rotatable bonds is 5. The number of hydrogen-bond donors (Lipinski definition) is 1. The van der Waals surface area contributed by atoms with Crippen molar-refractivity contribution in [1.29, 1.82) is 0 Å². The Labute approximate surface area is 223 Å². The molecule has 0 bridgehead atoms. The summed E-state index contributed by atoms with van der Waals surface area (Å²) in [6.45, 7) is 3.17. The highest BCUT2D eigenvalue weighted by atomic mass is 35.5. The van der Waals surface area contributed by atoms with Crippen LogP contribution in [0.4, 0.5) is 23.4 Å². The van der Waals surface area contributed by atoms with Crippen LogP contribution in [-0.4, -0.2) is 53.8 Å². The maximum absolute atomic E-state index is 14.0. The quantitative estimate of drug-likeness (QED) is 0.277. The third-order valence-electron chi connectivity index (χ3n) is 6.37. The SMILES string of the molecule is CN1CCN(Cc2ccc(CC(=O)c3ccc(Cl)c(C#Cc4c(F)ccnc4N)c3)cc2C(F)(F)F)CC1. The molecule has 5 nitrogen and oxygen atoms in total. The van der Waals surface area contributed by atoms with Gasteiger partial charge >= 0.3 is 6.18 Å². The van der Waals surface area contributed by atoms with Gasteiger partial charge in [-0.15, -0.1) is 0 Å². The average molecular weight is 545 g/mol. The van der Waals surface area contributed by atoms with Gasteiger partial charge in [0.15, 0.2) is 5.78 Å². The first-order valence-electron chi connectivity index (χ1n) is 11.9. The Hall–Kier alpha value is -3.45. The fourth-order valence-corrected chi connectivity index (χ4v) is 4.34. The van der Waals surface area contributed by atoms with Crippen LogP contribution >= 0.6 is 11.6 Å². The average Bonchev–Trinajstić information content (AvgIpc) is 2.86. The fraction of sp³-hybridized carbons (Fsp3) is 0.286. The first-order valence-corrected chi connectivity index (χ1v) is 12.2. The van der Waals surface area contributed by atoms with E-state index in [1.54, 1.807) is 6.07 Å². The molecule has 3 aromatic rings. The van der Waals surface area contributed by atoms with E-state index >= 15 is 0 Å². The summed E-state index contributed by atoms with van der Waals surface area (Å²) in [6.07, 6.45) is -3.57. The number of halogens is 5. The predicted molar refractivity (Wildman–Crippen MR) is 138 cm³/mol. The van der Waals surface area contributed by atoms with Gasteiger partial charge in [0.1, 0.15) is 17.2 Å². The number of nitrogen functional groups attached to an aromatic ring is 1. The van der Waals surface area contributed by atoms with Crippen molar-refractivity contribution in [2.24, 2.45) is 0 Å². The summed E-state index contributed by atoms with van der Waals surface area (Å²) in [7, 11) is 1.98. The van der Waals surface area contributed by atoms with E-state index in [2.05, 4.69) is 21.7 Å². The number of nitrogens with zero attached hydrogens (tertiary/aromatic N) is 3. The van der Waals surface area contributed by atoms with Gasteiger partial charge in [-0.3, -0.25) is 9.69 Å². The number of carbonyl (C=O) groups excluding carboxylic acids is 1. The van der Waals surface area contributed by atoms with Gasteiger partial charge in [0.2, 0.25) is 0 Å². The van der Waals surface area contributed by atoms with Crippen molar-refractivity contribution >= 4 is 23.2 Å². The second-order valence-corrected chi connectivity index (χ2v) is 9.57. The molecule has 1 fully saturated rings. The van der Waals surface area contributed by atoms with E-state index in [1.165, 1.54) is 30.5 Å². The zero-order valence-electron chi connectivity index (χ0n) is 20.6. The molecule has 1 saturated heterocycles. The summed E-state index contributed by atoms with van der Waals surface area (Å²) >= 11 is 6.20. The summed E-state index contributed by atoms with van der Waals surface area (Å²) in [4.78, 5) is 20.9. The minimum Gasteiger partial charge on any atom is -0.383 e. The third kappa shape index (κ3) is 6.70. The van der Waals surface area contributed by atoms with Crippen LogP contribution in [0.3, 0.4) is 0 Å². The molecule has 0 aliphatic carbocycles. The Balaban J connectivity index is 1.55. The maximum atomic E-state index is 14.0. The lowest BCUT2D eigenvalue weighted by Gasteiger charge is -2.33. The van der Waals surface area contributed by atoms with Crippen LogP contribution in [0.25, 0.3) is 0 Å². The molecule has 2 aromatic carbocycles. The monoisotopic (exact) mass is 544 g/mol. The van der Waals surface area contributed by atoms with Crippen LogP contribution in [0.1, 0.15) is 38.2 Å². The van der Waals surface area contributed by atoms with Crippen molar-refractivity contribution in [2.75, 3.05) is 39.0 Å². The van der Waals surface area contributed by atoms with Gasteiger partial charge < -0.3 is 10.6 Å². The lowest BCUT2D eigenvalue weighted by atomic mass is 9.97. The van der Waals surface area contributed by atoms with Crippen LogP contribution in [-0.2, 0) is 19.1 Å². The van der Waals surface area contributed by atoms with Gasteiger partial charge in [-0.2, -0.15) is 13.2 Å². The predicted octanol–water partition coefficient (Wildman–Crippen LogP) is 5.05. The molecule has 1 aliphatic rings. The van der Waals surface area contributed by atoms with Crippen molar-refractivity contribution < 1.29 is 22.4 Å².